The lowest BCUT2D eigenvalue weighted by molar-refractivity contribution is -0.0878. The number of ether oxygens (including phenoxy) is 1. The summed E-state index contributed by atoms with van der Waals surface area (Å²) in [4.78, 5) is 25.1. The fraction of sp³-hybridized carbons (Fsp3) is 0.467. The lowest BCUT2D eigenvalue weighted by atomic mass is 9.75. The van der Waals surface area contributed by atoms with Crippen molar-refractivity contribution in [1.82, 2.24) is 4.90 Å². The molecule has 112 valence electrons. The van der Waals surface area contributed by atoms with Crippen LogP contribution in [-0.2, 0) is 4.74 Å². The SMILES string of the molecule is O=C(O)c1ccc(C(=O)N2CCOCC23CCC3)c(F)c1. The number of hydrogen-bond donors (Lipinski definition) is 1. The first-order chi connectivity index (χ1) is 10.0. The van der Waals surface area contributed by atoms with Crippen molar-refractivity contribution < 1.29 is 23.8 Å². The number of carbonyl (C=O) groups is 2. The van der Waals surface area contributed by atoms with Crippen molar-refractivity contribution in [2.75, 3.05) is 19.8 Å². The van der Waals surface area contributed by atoms with Gasteiger partial charge in [-0.15, -0.1) is 0 Å². The van der Waals surface area contributed by atoms with Gasteiger partial charge in [-0.05, 0) is 37.5 Å². The van der Waals surface area contributed by atoms with E-state index in [-0.39, 0.29) is 22.6 Å². The van der Waals surface area contributed by atoms with Crippen LogP contribution in [0.2, 0.25) is 0 Å². The number of carbonyl (C=O) groups excluding carboxylic acids is 1. The molecule has 6 heteroatoms. The van der Waals surface area contributed by atoms with Gasteiger partial charge in [-0.3, -0.25) is 4.79 Å². The molecule has 1 amide bonds. The van der Waals surface area contributed by atoms with E-state index in [1.165, 1.54) is 12.1 Å². The van der Waals surface area contributed by atoms with Crippen LogP contribution in [0.5, 0.6) is 0 Å². The van der Waals surface area contributed by atoms with Gasteiger partial charge in [0.1, 0.15) is 5.82 Å². The topological polar surface area (TPSA) is 66.8 Å². The van der Waals surface area contributed by atoms with E-state index in [2.05, 4.69) is 0 Å². The minimum absolute atomic E-state index is 0.0758. The van der Waals surface area contributed by atoms with Gasteiger partial charge in [0, 0.05) is 6.54 Å². The standard InChI is InChI=1S/C15H16FNO4/c16-12-8-10(14(19)20)2-3-11(12)13(18)17-6-7-21-9-15(17)4-1-5-15/h2-3,8H,1,4-7,9H2,(H,19,20). The van der Waals surface area contributed by atoms with Crippen LogP contribution in [0.15, 0.2) is 18.2 Å². The van der Waals surface area contributed by atoms with E-state index >= 15 is 0 Å². The van der Waals surface area contributed by atoms with E-state index in [1.807, 2.05) is 0 Å². The summed E-state index contributed by atoms with van der Waals surface area (Å²) in [5.41, 5.74) is -0.537. The number of hydrogen-bond acceptors (Lipinski definition) is 3. The zero-order valence-electron chi connectivity index (χ0n) is 11.5. The molecular formula is C15H16FNO4. The summed E-state index contributed by atoms with van der Waals surface area (Å²) in [7, 11) is 0. The summed E-state index contributed by atoms with van der Waals surface area (Å²) in [6, 6.07) is 3.40. The van der Waals surface area contributed by atoms with Crippen LogP contribution in [0.3, 0.4) is 0 Å². The second-order valence-electron chi connectivity index (χ2n) is 5.59. The lowest BCUT2D eigenvalue weighted by Crippen LogP contribution is -2.62. The van der Waals surface area contributed by atoms with Gasteiger partial charge < -0.3 is 14.7 Å². The smallest absolute Gasteiger partial charge is 0.335 e. The molecule has 1 spiro atoms. The van der Waals surface area contributed by atoms with E-state index in [0.29, 0.717) is 19.8 Å². The van der Waals surface area contributed by atoms with Crippen molar-refractivity contribution in [3.05, 3.63) is 35.1 Å². The number of nitrogens with zero attached hydrogens (tertiary/aromatic N) is 1. The predicted octanol–water partition coefficient (Wildman–Crippen LogP) is 1.92. The van der Waals surface area contributed by atoms with Crippen molar-refractivity contribution in [3.63, 3.8) is 0 Å². The molecule has 1 heterocycles. The highest BCUT2D eigenvalue weighted by atomic mass is 19.1. The Hall–Kier alpha value is -1.95. The first-order valence-corrected chi connectivity index (χ1v) is 6.96. The third-order valence-electron chi connectivity index (χ3n) is 4.38. The number of amides is 1. The van der Waals surface area contributed by atoms with E-state index in [1.54, 1.807) is 4.90 Å². The normalized spacial score (nSPS) is 20.1. The fourth-order valence-electron chi connectivity index (χ4n) is 3.02. The number of rotatable bonds is 2. The Bertz CT molecular complexity index is 597. The zero-order chi connectivity index (χ0) is 15.0. The van der Waals surface area contributed by atoms with Gasteiger partial charge in [0.25, 0.3) is 5.91 Å². The molecule has 5 nitrogen and oxygen atoms in total. The molecule has 0 radical (unpaired) electrons. The molecule has 0 atom stereocenters. The van der Waals surface area contributed by atoms with Gasteiger partial charge in [-0.1, -0.05) is 0 Å². The number of aromatic carboxylic acids is 1. The van der Waals surface area contributed by atoms with E-state index in [4.69, 9.17) is 9.84 Å². The summed E-state index contributed by atoms with van der Waals surface area (Å²) in [6.45, 7) is 1.38. The first kappa shape index (κ1) is 14.0. The zero-order valence-corrected chi connectivity index (χ0v) is 11.5. The van der Waals surface area contributed by atoms with E-state index in [0.717, 1.165) is 25.3 Å². The molecule has 3 rings (SSSR count). The number of halogens is 1. The fourth-order valence-corrected chi connectivity index (χ4v) is 3.02. The van der Waals surface area contributed by atoms with E-state index in [9.17, 15) is 14.0 Å². The highest BCUT2D eigenvalue weighted by Crippen LogP contribution is 2.40. The van der Waals surface area contributed by atoms with Crippen molar-refractivity contribution in [1.29, 1.82) is 0 Å². The molecule has 2 fully saturated rings. The first-order valence-electron chi connectivity index (χ1n) is 6.96. The van der Waals surface area contributed by atoms with Crippen LogP contribution in [0.25, 0.3) is 0 Å². The Morgan fingerprint density at radius 3 is 2.67 bits per heavy atom. The summed E-state index contributed by atoms with van der Waals surface area (Å²) in [6.07, 6.45) is 2.77. The molecule has 0 bridgehead atoms. The summed E-state index contributed by atoms with van der Waals surface area (Å²) >= 11 is 0. The van der Waals surface area contributed by atoms with Crippen LogP contribution in [0.4, 0.5) is 4.39 Å². The second kappa shape index (κ2) is 5.11. The van der Waals surface area contributed by atoms with Crippen LogP contribution in [0.1, 0.15) is 40.0 Å². The number of carboxylic acids is 1. The van der Waals surface area contributed by atoms with E-state index < -0.39 is 11.8 Å². The Kier molecular flexibility index (Phi) is 3.41. The maximum absolute atomic E-state index is 14.0. The molecule has 1 N–H and O–H groups in total. The Labute approximate surface area is 121 Å². The highest BCUT2D eigenvalue weighted by molar-refractivity contribution is 5.96. The summed E-state index contributed by atoms with van der Waals surface area (Å²) < 4.78 is 19.5. The Morgan fingerprint density at radius 1 is 1.33 bits per heavy atom. The maximum atomic E-state index is 14.0. The molecule has 1 saturated heterocycles. The molecular weight excluding hydrogens is 277 g/mol. The molecule has 1 aromatic carbocycles. The quantitative estimate of drug-likeness (QED) is 0.904. The molecule has 2 aliphatic rings. The highest BCUT2D eigenvalue weighted by Gasteiger charge is 2.47. The number of carboxylic acid groups (broad SMARTS) is 1. The van der Waals surface area contributed by atoms with Crippen LogP contribution >= 0.6 is 0 Å². The average molecular weight is 293 g/mol. The van der Waals surface area contributed by atoms with Gasteiger partial charge >= 0.3 is 5.97 Å². The Balaban J connectivity index is 1.89. The predicted molar refractivity (Wildman–Crippen MR) is 71.8 cm³/mol. The summed E-state index contributed by atoms with van der Waals surface area (Å²) in [5, 5.41) is 8.84. The van der Waals surface area contributed by atoms with Gasteiger partial charge in [-0.25, -0.2) is 9.18 Å². The second-order valence-corrected chi connectivity index (χ2v) is 5.59. The molecule has 1 aromatic rings. The molecule has 0 unspecified atom stereocenters. The van der Waals surface area contributed by atoms with Gasteiger partial charge in [-0.2, -0.15) is 0 Å². The largest absolute Gasteiger partial charge is 0.478 e. The number of morpholine rings is 1. The van der Waals surface area contributed by atoms with Crippen molar-refractivity contribution in [3.8, 4) is 0 Å². The van der Waals surface area contributed by atoms with Crippen LogP contribution < -0.4 is 0 Å². The molecule has 1 aliphatic heterocycles. The van der Waals surface area contributed by atoms with Gasteiger partial charge in [0.15, 0.2) is 0 Å². The molecule has 21 heavy (non-hydrogen) atoms. The maximum Gasteiger partial charge on any atom is 0.335 e. The number of benzene rings is 1. The minimum atomic E-state index is -1.21. The van der Waals surface area contributed by atoms with Crippen molar-refractivity contribution >= 4 is 11.9 Å². The van der Waals surface area contributed by atoms with Crippen molar-refractivity contribution in [2.24, 2.45) is 0 Å². The van der Waals surface area contributed by atoms with Crippen molar-refractivity contribution in [2.45, 2.75) is 24.8 Å². The Morgan fingerprint density at radius 2 is 2.10 bits per heavy atom. The molecule has 1 saturated carbocycles. The minimum Gasteiger partial charge on any atom is -0.478 e. The molecule has 0 aromatic heterocycles. The summed E-state index contributed by atoms with van der Waals surface area (Å²) in [5.74, 6) is -2.39. The molecule has 1 aliphatic carbocycles. The lowest BCUT2D eigenvalue weighted by Gasteiger charge is -2.52. The third-order valence-corrected chi connectivity index (χ3v) is 4.38. The van der Waals surface area contributed by atoms with Crippen LogP contribution in [0, 0.1) is 5.82 Å². The van der Waals surface area contributed by atoms with Gasteiger partial charge in [0.05, 0.1) is 29.9 Å². The monoisotopic (exact) mass is 293 g/mol. The average Bonchev–Trinajstić information content (AvgIpc) is 2.44. The van der Waals surface area contributed by atoms with Crippen LogP contribution in [-0.4, -0.2) is 47.2 Å². The van der Waals surface area contributed by atoms with Gasteiger partial charge in [0.2, 0.25) is 0 Å². The third kappa shape index (κ3) is 2.29.